The zero-order chi connectivity index (χ0) is 18.7. The van der Waals surface area contributed by atoms with Crippen LogP contribution >= 0.6 is 22.6 Å². The summed E-state index contributed by atoms with van der Waals surface area (Å²) in [5.74, 6) is -0.836. The summed E-state index contributed by atoms with van der Waals surface area (Å²) in [7, 11) is 0. The number of anilines is 3. The monoisotopic (exact) mass is 461 g/mol. The number of aromatic nitrogens is 1. The van der Waals surface area contributed by atoms with Crippen molar-refractivity contribution in [1.29, 1.82) is 0 Å². The highest BCUT2D eigenvalue weighted by molar-refractivity contribution is 14.1. The molecule has 0 saturated carbocycles. The second-order valence-electron chi connectivity index (χ2n) is 5.92. The van der Waals surface area contributed by atoms with Crippen molar-refractivity contribution in [3.05, 3.63) is 80.9 Å². The molecule has 1 aromatic heterocycles. The largest absolute Gasteiger partial charge is 0.354 e. The first kappa shape index (κ1) is 18.3. The summed E-state index contributed by atoms with van der Waals surface area (Å²) in [6, 6.07) is 12.0. The Morgan fingerprint density at radius 1 is 1.04 bits per heavy atom. The van der Waals surface area contributed by atoms with E-state index in [4.69, 9.17) is 0 Å². The van der Waals surface area contributed by atoms with Crippen LogP contribution in [0.1, 0.15) is 21.5 Å². The topological polar surface area (TPSA) is 54.0 Å². The van der Waals surface area contributed by atoms with Crippen molar-refractivity contribution < 1.29 is 9.18 Å². The molecule has 1 heterocycles. The number of nitrogens with one attached hydrogen (secondary N) is 2. The molecule has 0 radical (unpaired) electrons. The first-order chi connectivity index (χ1) is 12.4. The van der Waals surface area contributed by atoms with Gasteiger partial charge >= 0.3 is 0 Å². The fourth-order valence-corrected chi connectivity index (χ4v) is 3.27. The summed E-state index contributed by atoms with van der Waals surface area (Å²) in [5.41, 5.74) is 4.00. The summed E-state index contributed by atoms with van der Waals surface area (Å²) < 4.78 is 15.1. The van der Waals surface area contributed by atoms with E-state index in [1.807, 2.05) is 25.1 Å². The Morgan fingerprint density at radius 2 is 1.77 bits per heavy atom. The Bertz CT molecular complexity index is 961. The van der Waals surface area contributed by atoms with Crippen molar-refractivity contribution in [2.75, 3.05) is 10.6 Å². The van der Waals surface area contributed by atoms with E-state index in [1.54, 1.807) is 31.5 Å². The lowest BCUT2D eigenvalue weighted by Gasteiger charge is -2.17. The first-order valence-electron chi connectivity index (χ1n) is 7.99. The van der Waals surface area contributed by atoms with Crippen LogP contribution in [0, 0.1) is 23.2 Å². The number of carbonyl (C=O) groups is 1. The minimum Gasteiger partial charge on any atom is -0.354 e. The molecule has 1 amide bonds. The molecule has 0 saturated heterocycles. The van der Waals surface area contributed by atoms with Crippen LogP contribution in [0.3, 0.4) is 0 Å². The van der Waals surface area contributed by atoms with E-state index in [9.17, 15) is 9.18 Å². The Kier molecular flexibility index (Phi) is 5.51. The van der Waals surface area contributed by atoms with Crippen molar-refractivity contribution >= 4 is 45.6 Å². The van der Waals surface area contributed by atoms with E-state index in [2.05, 4.69) is 38.2 Å². The van der Waals surface area contributed by atoms with Crippen LogP contribution < -0.4 is 10.6 Å². The molecule has 0 spiro atoms. The molecule has 0 bridgehead atoms. The number of hydrogen-bond donors (Lipinski definition) is 2. The van der Waals surface area contributed by atoms with Gasteiger partial charge in [-0.15, -0.1) is 0 Å². The molecule has 3 aromatic rings. The van der Waals surface area contributed by atoms with Crippen molar-refractivity contribution in [2.45, 2.75) is 13.8 Å². The maximum absolute atomic E-state index is 14.0. The molecule has 2 N–H and O–H groups in total. The van der Waals surface area contributed by atoms with Gasteiger partial charge < -0.3 is 10.6 Å². The Labute approximate surface area is 165 Å². The van der Waals surface area contributed by atoms with Gasteiger partial charge in [0.25, 0.3) is 5.91 Å². The quantitative estimate of drug-likeness (QED) is 0.509. The number of hydrogen-bond acceptors (Lipinski definition) is 3. The van der Waals surface area contributed by atoms with Crippen molar-refractivity contribution in [3.63, 3.8) is 0 Å². The van der Waals surface area contributed by atoms with Crippen molar-refractivity contribution in [1.82, 2.24) is 4.98 Å². The highest BCUT2D eigenvalue weighted by Gasteiger charge is 2.17. The third kappa shape index (κ3) is 4.19. The van der Waals surface area contributed by atoms with Crippen LogP contribution in [0.2, 0.25) is 0 Å². The molecule has 0 aliphatic carbocycles. The second-order valence-corrected chi connectivity index (χ2v) is 7.17. The minimum atomic E-state index is -0.452. The molecule has 2 aromatic carbocycles. The smallest absolute Gasteiger partial charge is 0.257 e. The standard InChI is InChI=1S/C20H17FIN3O/c1-12-10-15(22)3-4-18(12)25-19-13(2)9-14(21)11-17(19)20(26)24-16-5-7-23-8-6-16/h3-11,25H,1-2H3,(H,23,24,26). The number of carbonyl (C=O) groups excluding carboxylic acids is 1. The van der Waals surface area contributed by atoms with E-state index < -0.39 is 5.82 Å². The van der Waals surface area contributed by atoms with Gasteiger partial charge in [0, 0.05) is 27.3 Å². The molecule has 0 unspecified atom stereocenters. The summed E-state index contributed by atoms with van der Waals surface area (Å²) in [6.07, 6.45) is 3.17. The number of rotatable bonds is 4. The van der Waals surface area contributed by atoms with Gasteiger partial charge in [-0.25, -0.2) is 4.39 Å². The molecule has 3 rings (SSSR count). The van der Waals surface area contributed by atoms with Crippen LogP contribution in [-0.4, -0.2) is 10.9 Å². The zero-order valence-corrected chi connectivity index (χ0v) is 16.5. The molecule has 6 heteroatoms. The Balaban J connectivity index is 1.98. The maximum atomic E-state index is 14.0. The number of benzene rings is 2. The number of pyridine rings is 1. The second kappa shape index (κ2) is 7.82. The van der Waals surface area contributed by atoms with Gasteiger partial charge in [0.15, 0.2) is 0 Å². The molecule has 0 atom stereocenters. The number of halogens is 2. The van der Waals surface area contributed by atoms with Gasteiger partial charge in [-0.3, -0.25) is 9.78 Å². The average molecular weight is 461 g/mol. The Morgan fingerprint density at radius 3 is 2.46 bits per heavy atom. The lowest BCUT2D eigenvalue weighted by molar-refractivity contribution is 0.102. The van der Waals surface area contributed by atoms with E-state index in [0.717, 1.165) is 14.8 Å². The van der Waals surface area contributed by atoms with E-state index >= 15 is 0 Å². The van der Waals surface area contributed by atoms with Gasteiger partial charge in [-0.05, 0) is 90.0 Å². The van der Waals surface area contributed by atoms with Crippen molar-refractivity contribution in [2.24, 2.45) is 0 Å². The lowest BCUT2D eigenvalue weighted by atomic mass is 10.1. The van der Waals surface area contributed by atoms with Gasteiger partial charge in [0.05, 0.1) is 11.3 Å². The summed E-state index contributed by atoms with van der Waals surface area (Å²) in [6.45, 7) is 3.76. The highest BCUT2D eigenvalue weighted by Crippen LogP contribution is 2.29. The fourth-order valence-electron chi connectivity index (χ4n) is 2.62. The van der Waals surface area contributed by atoms with E-state index in [-0.39, 0.29) is 11.5 Å². The van der Waals surface area contributed by atoms with Crippen LogP contribution in [0.25, 0.3) is 0 Å². The molecule has 0 fully saturated rings. The number of aryl methyl sites for hydroxylation is 2. The minimum absolute atomic E-state index is 0.247. The Hall–Kier alpha value is -2.48. The fraction of sp³-hybridized carbons (Fsp3) is 0.100. The maximum Gasteiger partial charge on any atom is 0.257 e. The van der Waals surface area contributed by atoms with E-state index in [1.165, 1.54) is 12.1 Å². The van der Waals surface area contributed by atoms with Gasteiger partial charge in [-0.2, -0.15) is 0 Å². The van der Waals surface area contributed by atoms with Gasteiger partial charge in [0.2, 0.25) is 0 Å². The van der Waals surface area contributed by atoms with Crippen LogP contribution in [0.5, 0.6) is 0 Å². The summed E-state index contributed by atoms with van der Waals surface area (Å²) >= 11 is 2.25. The predicted octanol–water partition coefficient (Wildman–Crippen LogP) is 5.44. The highest BCUT2D eigenvalue weighted by atomic mass is 127. The van der Waals surface area contributed by atoms with Crippen LogP contribution in [0.4, 0.5) is 21.5 Å². The molecule has 4 nitrogen and oxygen atoms in total. The lowest BCUT2D eigenvalue weighted by Crippen LogP contribution is -2.15. The first-order valence-corrected chi connectivity index (χ1v) is 9.06. The normalized spacial score (nSPS) is 10.5. The SMILES string of the molecule is Cc1cc(I)ccc1Nc1c(C)cc(F)cc1C(=O)Nc1ccncc1. The van der Waals surface area contributed by atoms with Crippen LogP contribution in [-0.2, 0) is 0 Å². The number of nitrogens with zero attached hydrogens (tertiary/aromatic N) is 1. The number of amides is 1. The molecule has 132 valence electrons. The van der Waals surface area contributed by atoms with E-state index in [0.29, 0.717) is 16.9 Å². The molecule has 0 aliphatic heterocycles. The predicted molar refractivity (Wildman–Crippen MR) is 111 cm³/mol. The van der Waals surface area contributed by atoms with Gasteiger partial charge in [-0.1, -0.05) is 0 Å². The summed E-state index contributed by atoms with van der Waals surface area (Å²) in [5, 5.41) is 6.06. The van der Waals surface area contributed by atoms with Gasteiger partial charge in [0.1, 0.15) is 5.82 Å². The summed E-state index contributed by atoms with van der Waals surface area (Å²) in [4.78, 5) is 16.6. The molecular formula is C20H17FIN3O. The zero-order valence-electron chi connectivity index (χ0n) is 14.3. The van der Waals surface area contributed by atoms with Crippen molar-refractivity contribution in [3.8, 4) is 0 Å². The molecular weight excluding hydrogens is 444 g/mol. The van der Waals surface area contributed by atoms with Crippen LogP contribution in [0.15, 0.2) is 54.9 Å². The molecule has 0 aliphatic rings. The molecule has 26 heavy (non-hydrogen) atoms. The third-order valence-electron chi connectivity index (χ3n) is 3.93. The third-order valence-corrected chi connectivity index (χ3v) is 4.60. The average Bonchev–Trinajstić information content (AvgIpc) is 2.59.